The van der Waals surface area contributed by atoms with Crippen molar-refractivity contribution in [2.75, 3.05) is 0 Å². The fourth-order valence-electron chi connectivity index (χ4n) is 2.89. The first-order valence-corrected chi connectivity index (χ1v) is 7.90. The van der Waals surface area contributed by atoms with Crippen LogP contribution in [0.25, 0.3) is 0 Å². The summed E-state index contributed by atoms with van der Waals surface area (Å²) in [7, 11) is 0. The predicted octanol–water partition coefficient (Wildman–Crippen LogP) is 4.74. The van der Waals surface area contributed by atoms with Crippen LogP contribution in [0.5, 0.6) is 11.5 Å². The Balaban J connectivity index is 1.92. The number of halogens is 1. The van der Waals surface area contributed by atoms with Crippen LogP contribution < -0.4 is 9.47 Å². The van der Waals surface area contributed by atoms with Crippen molar-refractivity contribution in [2.24, 2.45) is 0 Å². The lowest BCUT2D eigenvalue weighted by Gasteiger charge is -2.28. The van der Waals surface area contributed by atoms with Gasteiger partial charge in [0.15, 0.2) is 11.5 Å². The van der Waals surface area contributed by atoms with E-state index in [2.05, 4.69) is 0 Å². The number of ether oxygens (including phenoxy) is 2. The summed E-state index contributed by atoms with van der Waals surface area (Å²) >= 11 is 5.70. The van der Waals surface area contributed by atoms with Crippen molar-refractivity contribution in [2.45, 2.75) is 5.79 Å². The highest BCUT2D eigenvalue weighted by Crippen LogP contribution is 2.49. The van der Waals surface area contributed by atoms with Gasteiger partial charge in [0.05, 0.1) is 5.56 Å². The maximum Gasteiger partial charge on any atom is 0.305 e. The second-order valence-corrected chi connectivity index (χ2v) is 5.80. The molecule has 3 nitrogen and oxygen atoms in total. The Hall–Kier alpha value is -2.78. The molecule has 0 aliphatic carbocycles. The molecule has 0 saturated carbocycles. The highest BCUT2D eigenvalue weighted by Gasteiger charge is 2.46. The topological polar surface area (TPSA) is 35.5 Å². The molecule has 4 heteroatoms. The Morgan fingerprint density at radius 3 is 1.88 bits per heavy atom. The molecule has 118 valence electrons. The lowest BCUT2D eigenvalue weighted by atomic mass is 9.97. The number of hydrogen-bond acceptors (Lipinski definition) is 3. The van der Waals surface area contributed by atoms with Crippen LogP contribution in [0, 0.1) is 0 Å². The minimum Gasteiger partial charge on any atom is -0.440 e. The average Bonchev–Trinajstić information content (AvgIpc) is 3.04. The number of hydrogen-bond donors (Lipinski definition) is 0. The maximum atomic E-state index is 11.7. The number of benzene rings is 3. The molecule has 0 bridgehead atoms. The zero-order chi connectivity index (χ0) is 16.6. The van der Waals surface area contributed by atoms with Crippen LogP contribution in [0.4, 0.5) is 0 Å². The van der Waals surface area contributed by atoms with Crippen LogP contribution in [0.1, 0.15) is 21.5 Å². The molecule has 0 radical (unpaired) electrons. The van der Waals surface area contributed by atoms with Crippen molar-refractivity contribution in [3.05, 3.63) is 95.6 Å². The molecule has 1 aliphatic rings. The van der Waals surface area contributed by atoms with Crippen molar-refractivity contribution in [3.63, 3.8) is 0 Å². The zero-order valence-electron chi connectivity index (χ0n) is 12.6. The molecule has 4 rings (SSSR count). The monoisotopic (exact) mass is 336 g/mol. The van der Waals surface area contributed by atoms with Crippen molar-refractivity contribution < 1.29 is 14.3 Å². The van der Waals surface area contributed by atoms with Crippen LogP contribution in [0.15, 0.2) is 78.9 Å². The first kappa shape index (κ1) is 14.8. The summed E-state index contributed by atoms with van der Waals surface area (Å²) in [5, 5.41) is -0.577. The summed E-state index contributed by atoms with van der Waals surface area (Å²) in [5.74, 6) is -0.285. The number of para-hydroxylation sites is 1. The van der Waals surface area contributed by atoms with Gasteiger partial charge in [-0.05, 0) is 23.7 Å². The third kappa shape index (κ3) is 2.25. The van der Waals surface area contributed by atoms with Gasteiger partial charge in [-0.25, -0.2) is 0 Å². The van der Waals surface area contributed by atoms with Crippen LogP contribution in [-0.2, 0) is 5.79 Å². The van der Waals surface area contributed by atoms with Crippen molar-refractivity contribution in [3.8, 4) is 11.5 Å². The first-order valence-electron chi connectivity index (χ1n) is 7.52. The Bertz CT molecular complexity index is 852. The van der Waals surface area contributed by atoms with E-state index in [1.165, 1.54) is 0 Å². The van der Waals surface area contributed by atoms with Crippen LogP contribution in [-0.4, -0.2) is 5.24 Å². The highest BCUT2D eigenvalue weighted by molar-refractivity contribution is 6.68. The lowest BCUT2D eigenvalue weighted by Crippen LogP contribution is -2.36. The van der Waals surface area contributed by atoms with Gasteiger partial charge in [0.1, 0.15) is 0 Å². The summed E-state index contributed by atoms with van der Waals surface area (Å²) in [6.45, 7) is 0. The van der Waals surface area contributed by atoms with Gasteiger partial charge < -0.3 is 9.47 Å². The summed E-state index contributed by atoms with van der Waals surface area (Å²) in [6, 6.07) is 24.4. The molecule has 0 N–H and O–H groups in total. The quantitative estimate of drug-likeness (QED) is 0.648. The normalized spacial score (nSPS) is 14.4. The van der Waals surface area contributed by atoms with Crippen LogP contribution >= 0.6 is 11.6 Å². The van der Waals surface area contributed by atoms with Gasteiger partial charge in [0.25, 0.3) is 5.24 Å². The second kappa shape index (κ2) is 5.69. The van der Waals surface area contributed by atoms with Gasteiger partial charge in [-0.15, -0.1) is 0 Å². The van der Waals surface area contributed by atoms with E-state index < -0.39 is 11.0 Å². The standard InChI is InChI=1S/C20H13ClO3/c21-19(22)16-12-7-13-17-18(16)24-20(23-17,14-8-3-1-4-9-14)15-10-5-2-6-11-15/h1-13H. The summed E-state index contributed by atoms with van der Waals surface area (Å²) < 4.78 is 12.5. The SMILES string of the molecule is O=C(Cl)c1cccc2c1OC(c1ccccc1)(c1ccccc1)O2. The van der Waals surface area contributed by atoms with E-state index in [1.807, 2.05) is 60.7 Å². The van der Waals surface area contributed by atoms with E-state index in [4.69, 9.17) is 21.1 Å². The third-order valence-corrected chi connectivity index (χ3v) is 4.20. The van der Waals surface area contributed by atoms with Crippen LogP contribution in [0.3, 0.4) is 0 Å². The van der Waals surface area contributed by atoms with Gasteiger partial charge in [-0.3, -0.25) is 4.79 Å². The molecular formula is C20H13ClO3. The summed E-state index contributed by atoms with van der Waals surface area (Å²) in [4.78, 5) is 11.7. The van der Waals surface area contributed by atoms with Crippen molar-refractivity contribution in [1.82, 2.24) is 0 Å². The fraction of sp³-hybridized carbons (Fsp3) is 0.0500. The first-order chi connectivity index (χ1) is 11.7. The van der Waals surface area contributed by atoms with E-state index in [9.17, 15) is 4.79 Å². The number of carbonyl (C=O) groups is 1. The van der Waals surface area contributed by atoms with Gasteiger partial charge in [0.2, 0.25) is 0 Å². The van der Waals surface area contributed by atoms with Crippen LogP contribution in [0.2, 0.25) is 0 Å². The van der Waals surface area contributed by atoms with E-state index in [-0.39, 0.29) is 0 Å². The Morgan fingerprint density at radius 2 is 1.33 bits per heavy atom. The highest BCUT2D eigenvalue weighted by atomic mass is 35.5. The molecule has 3 aromatic rings. The maximum absolute atomic E-state index is 11.7. The summed E-state index contributed by atoms with van der Waals surface area (Å²) in [6.07, 6.45) is 0. The minimum atomic E-state index is -1.15. The molecule has 24 heavy (non-hydrogen) atoms. The lowest BCUT2D eigenvalue weighted by molar-refractivity contribution is -0.0460. The Labute approximate surface area is 144 Å². The van der Waals surface area contributed by atoms with E-state index in [0.29, 0.717) is 17.1 Å². The minimum absolute atomic E-state index is 0.294. The average molecular weight is 337 g/mol. The second-order valence-electron chi connectivity index (χ2n) is 5.46. The predicted molar refractivity (Wildman–Crippen MR) is 91.5 cm³/mol. The van der Waals surface area contributed by atoms with E-state index in [1.54, 1.807) is 18.2 Å². The number of rotatable bonds is 3. The molecule has 3 aromatic carbocycles. The molecule has 0 amide bonds. The van der Waals surface area contributed by atoms with E-state index in [0.717, 1.165) is 11.1 Å². The number of fused-ring (bicyclic) bond motifs is 1. The summed E-state index contributed by atoms with van der Waals surface area (Å²) in [5.41, 5.74) is 1.96. The Morgan fingerprint density at radius 1 is 0.750 bits per heavy atom. The molecule has 0 fully saturated rings. The molecule has 0 unspecified atom stereocenters. The van der Waals surface area contributed by atoms with Gasteiger partial charge in [-0.2, -0.15) is 0 Å². The molecule has 1 heterocycles. The zero-order valence-corrected chi connectivity index (χ0v) is 13.4. The molecule has 0 spiro atoms. The number of carbonyl (C=O) groups excluding carboxylic acids is 1. The third-order valence-electron chi connectivity index (χ3n) is 4.00. The van der Waals surface area contributed by atoms with Crippen molar-refractivity contribution in [1.29, 1.82) is 0 Å². The van der Waals surface area contributed by atoms with Gasteiger partial charge in [0, 0.05) is 11.1 Å². The smallest absolute Gasteiger partial charge is 0.305 e. The molecular weight excluding hydrogens is 324 g/mol. The van der Waals surface area contributed by atoms with E-state index >= 15 is 0 Å². The Kier molecular flexibility index (Phi) is 3.51. The van der Waals surface area contributed by atoms with Crippen molar-refractivity contribution >= 4 is 16.8 Å². The van der Waals surface area contributed by atoms with Gasteiger partial charge in [-0.1, -0.05) is 66.7 Å². The van der Waals surface area contributed by atoms with Gasteiger partial charge >= 0.3 is 5.79 Å². The fourth-order valence-corrected chi connectivity index (χ4v) is 3.04. The largest absolute Gasteiger partial charge is 0.440 e. The molecule has 0 aromatic heterocycles. The molecule has 0 atom stereocenters. The molecule has 0 saturated heterocycles. The molecule has 1 aliphatic heterocycles.